The Kier molecular flexibility index (Phi) is 6.90. The molecule has 1 saturated heterocycles. The highest BCUT2D eigenvalue weighted by atomic mass is 16.5. The van der Waals surface area contributed by atoms with Gasteiger partial charge in [-0.1, -0.05) is 0 Å². The Morgan fingerprint density at radius 2 is 2.10 bits per heavy atom. The third-order valence-corrected chi connectivity index (χ3v) is 5.58. The summed E-state index contributed by atoms with van der Waals surface area (Å²) in [6, 6.07) is 6.01. The SMILES string of the molecule is COCCN(C(=O)C1CCCN(c2nc(C)c3ccc(OC)cc3n2)C1)C(C)C. The Morgan fingerprint density at radius 3 is 2.79 bits per heavy atom. The number of benzene rings is 1. The number of anilines is 1. The Bertz CT molecular complexity index is 855. The van der Waals surface area contributed by atoms with E-state index in [0.29, 0.717) is 25.6 Å². The molecule has 29 heavy (non-hydrogen) atoms. The van der Waals surface area contributed by atoms with Crippen LogP contribution in [0.2, 0.25) is 0 Å². The van der Waals surface area contributed by atoms with Crippen molar-refractivity contribution < 1.29 is 14.3 Å². The second-order valence-corrected chi connectivity index (χ2v) is 7.90. The van der Waals surface area contributed by atoms with Gasteiger partial charge in [-0.3, -0.25) is 4.79 Å². The number of rotatable bonds is 7. The van der Waals surface area contributed by atoms with Crippen LogP contribution in [-0.2, 0) is 9.53 Å². The van der Waals surface area contributed by atoms with Gasteiger partial charge in [-0.2, -0.15) is 0 Å². The molecular weight excluding hydrogens is 368 g/mol. The van der Waals surface area contributed by atoms with Crippen molar-refractivity contribution in [2.45, 2.75) is 39.7 Å². The lowest BCUT2D eigenvalue weighted by Gasteiger charge is -2.36. The van der Waals surface area contributed by atoms with Gasteiger partial charge < -0.3 is 19.3 Å². The number of hydrogen-bond donors (Lipinski definition) is 0. The molecule has 1 aliphatic heterocycles. The quantitative estimate of drug-likeness (QED) is 0.712. The highest BCUT2D eigenvalue weighted by Crippen LogP contribution is 2.27. The average molecular weight is 401 g/mol. The third-order valence-electron chi connectivity index (χ3n) is 5.58. The molecule has 0 N–H and O–H groups in total. The summed E-state index contributed by atoms with van der Waals surface area (Å²) in [6.07, 6.45) is 1.84. The van der Waals surface area contributed by atoms with Gasteiger partial charge in [-0.25, -0.2) is 9.97 Å². The molecule has 7 nitrogen and oxygen atoms in total. The van der Waals surface area contributed by atoms with Gasteiger partial charge >= 0.3 is 0 Å². The van der Waals surface area contributed by atoms with Crippen LogP contribution in [0.15, 0.2) is 18.2 Å². The molecule has 1 atom stereocenters. The van der Waals surface area contributed by atoms with Crippen molar-refractivity contribution in [2.24, 2.45) is 5.92 Å². The molecule has 0 aliphatic carbocycles. The minimum Gasteiger partial charge on any atom is -0.497 e. The number of aryl methyl sites for hydroxylation is 1. The lowest BCUT2D eigenvalue weighted by molar-refractivity contribution is -0.138. The van der Waals surface area contributed by atoms with Crippen LogP contribution in [0.25, 0.3) is 10.9 Å². The molecule has 1 aliphatic rings. The normalized spacial score (nSPS) is 17.0. The largest absolute Gasteiger partial charge is 0.497 e. The first-order valence-electron chi connectivity index (χ1n) is 10.3. The van der Waals surface area contributed by atoms with E-state index in [4.69, 9.17) is 19.4 Å². The Labute approximate surface area is 173 Å². The molecule has 1 fully saturated rings. The average Bonchev–Trinajstić information content (AvgIpc) is 2.73. The summed E-state index contributed by atoms with van der Waals surface area (Å²) in [7, 11) is 3.32. The molecule has 158 valence electrons. The molecule has 0 radical (unpaired) electrons. The van der Waals surface area contributed by atoms with Gasteiger partial charge in [0.25, 0.3) is 0 Å². The predicted octanol–water partition coefficient (Wildman–Crippen LogP) is 3.05. The molecule has 2 heterocycles. The van der Waals surface area contributed by atoms with Crippen LogP contribution < -0.4 is 9.64 Å². The highest BCUT2D eigenvalue weighted by molar-refractivity contribution is 5.83. The van der Waals surface area contributed by atoms with E-state index in [1.54, 1.807) is 14.2 Å². The van der Waals surface area contributed by atoms with Crippen molar-refractivity contribution in [3.63, 3.8) is 0 Å². The molecule has 1 aromatic heterocycles. The highest BCUT2D eigenvalue weighted by Gasteiger charge is 2.31. The molecule has 0 bridgehead atoms. The number of hydrogen-bond acceptors (Lipinski definition) is 6. The summed E-state index contributed by atoms with van der Waals surface area (Å²) in [5, 5.41) is 1.02. The van der Waals surface area contributed by atoms with Gasteiger partial charge in [0.1, 0.15) is 5.75 Å². The maximum absolute atomic E-state index is 13.2. The molecule has 7 heteroatoms. The van der Waals surface area contributed by atoms with Crippen LogP contribution in [-0.4, -0.2) is 67.3 Å². The van der Waals surface area contributed by atoms with Crippen molar-refractivity contribution >= 4 is 22.8 Å². The number of carbonyl (C=O) groups is 1. The van der Waals surface area contributed by atoms with Gasteiger partial charge in [0, 0.05) is 44.2 Å². The molecule has 1 aromatic carbocycles. The summed E-state index contributed by atoms with van der Waals surface area (Å²) in [5.74, 6) is 1.61. The van der Waals surface area contributed by atoms with E-state index >= 15 is 0 Å². The molecule has 1 amide bonds. The fourth-order valence-electron chi connectivity index (χ4n) is 3.93. The fourth-order valence-corrected chi connectivity index (χ4v) is 3.93. The topological polar surface area (TPSA) is 67.8 Å². The van der Waals surface area contributed by atoms with Crippen LogP contribution in [0, 0.1) is 12.8 Å². The summed E-state index contributed by atoms with van der Waals surface area (Å²) in [5.41, 5.74) is 1.80. The van der Waals surface area contributed by atoms with Crippen molar-refractivity contribution in [2.75, 3.05) is 45.4 Å². The zero-order valence-electron chi connectivity index (χ0n) is 18.1. The predicted molar refractivity (Wildman–Crippen MR) is 114 cm³/mol. The minimum absolute atomic E-state index is 0.0482. The van der Waals surface area contributed by atoms with Crippen LogP contribution in [0.1, 0.15) is 32.4 Å². The second kappa shape index (κ2) is 9.39. The summed E-state index contributed by atoms with van der Waals surface area (Å²) >= 11 is 0. The number of carbonyl (C=O) groups excluding carboxylic acids is 1. The summed E-state index contributed by atoms with van der Waals surface area (Å²) in [6.45, 7) is 8.78. The zero-order valence-corrected chi connectivity index (χ0v) is 18.1. The van der Waals surface area contributed by atoms with Crippen molar-refractivity contribution in [3.05, 3.63) is 23.9 Å². The van der Waals surface area contributed by atoms with Crippen molar-refractivity contribution in [3.8, 4) is 5.75 Å². The van der Waals surface area contributed by atoms with Gasteiger partial charge in [-0.15, -0.1) is 0 Å². The second-order valence-electron chi connectivity index (χ2n) is 7.90. The smallest absolute Gasteiger partial charge is 0.227 e. The standard InChI is InChI=1S/C22H32N4O3/c1-15(2)26(11-12-28-4)21(27)17-7-6-10-25(14-17)22-23-16(3)19-9-8-18(29-5)13-20(19)24-22/h8-9,13,15,17H,6-7,10-12,14H2,1-5H3. The first-order chi connectivity index (χ1) is 13.9. The minimum atomic E-state index is -0.0482. The number of methoxy groups -OCH3 is 2. The van der Waals surface area contributed by atoms with Gasteiger partial charge in [0.05, 0.1) is 30.8 Å². The van der Waals surface area contributed by atoms with Crippen molar-refractivity contribution in [1.29, 1.82) is 0 Å². The number of nitrogens with zero attached hydrogens (tertiary/aromatic N) is 4. The number of piperidine rings is 1. The maximum atomic E-state index is 13.2. The number of ether oxygens (including phenoxy) is 2. The van der Waals surface area contributed by atoms with E-state index in [1.807, 2.05) is 30.0 Å². The maximum Gasteiger partial charge on any atom is 0.227 e. The Balaban J connectivity index is 1.82. The first-order valence-corrected chi connectivity index (χ1v) is 10.3. The number of aromatic nitrogens is 2. The first kappa shape index (κ1) is 21.3. The molecule has 2 aromatic rings. The Morgan fingerprint density at radius 1 is 1.31 bits per heavy atom. The lowest BCUT2D eigenvalue weighted by atomic mass is 9.96. The molecule has 3 rings (SSSR count). The third kappa shape index (κ3) is 4.78. The van der Waals surface area contributed by atoms with E-state index in [1.165, 1.54) is 0 Å². The van der Waals surface area contributed by atoms with Crippen LogP contribution in [0.5, 0.6) is 5.75 Å². The van der Waals surface area contributed by atoms with Crippen LogP contribution in [0.3, 0.4) is 0 Å². The molecule has 0 spiro atoms. The number of fused-ring (bicyclic) bond motifs is 1. The summed E-state index contributed by atoms with van der Waals surface area (Å²) < 4.78 is 10.5. The van der Waals surface area contributed by atoms with E-state index in [2.05, 4.69) is 18.7 Å². The van der Waals surface area contributed by atoms with Gasteiger partial charge in [0.2, 0.25) is 11.9 Å². The van der Waals surface area contributed by atoms with E-state index in [9.17, 15) is 4.79 Å². The monoisotopic (exact) mass is 400 g/mol. The molecule has 1 unspecified atom stereocenters. The van der Waals surface area contributed by atoms with E-state index in [0.717, 1.165) is 41.7 Å². The molecular formula is C22H32N4O3. The number of amides is 1. The van der Waals surface area contributed by atoms with Gasteiger partial charge in [-0.05, 0) is 45.7 Å². The van der Waals surface area contributed by atoms with E-state index < -0.39 is 0 Å². The van der Waals surface area contributed by atoms with Crippen molar-refractivity contribution in [1.82, 2.24) is 14.9 Å². The lowest BCUT2D eigenvalue weighted by Crippen LogP contribution is -2.48. The van der Waals surface area contributed by atoms with Crippen LogP contribution in [0.4, 0.5) is 5.95 Å². The van der Waals surface area contributed by atoms with Crippen LogP contribution >= 0.6 is 0 Å². The fraction of sp³-hybridized carbons (Fsp3) is 0.591. The summed E-state index contributed by atoms with van der Waals surface area (Å²) in [4.78, 5) is 26.8. The molecule has 0 saturated carbocycles. The van der Waals surface area contributed by atoms with Gasteiger partial charge in [0.15, 0.2) is 0 Å². The van der Waals surface area contributed by atoms with E-state index in [-0.39, 0.29) is 17.9 Å². The zero-order chi connectivity index (χ0) is 21.0. The Hall–Kier alpha value is -2.41.